The van der Waals surface area contributed by atoms with Gasteiger partial charge in [0.2, 0.25) is 5.91 Å². The molecule has 1 heterocycles. The molecule has 0 aliphatic carbocycles. The van der Waals surface area contributed by atoms with Crippen LogP contribution in [0.3, 0.4) is 0 Å². The van der Waals surface area contributed by atoms with Crippen molar-refractivity contribution in [1.82, 2.24) is 4.90 Å². The first-order chi connectivity index (χ1) is 13.4. The Kier molecular flexibility index (Phi) is 6.80. The van der Waals surface area contributed by atoms with Gasteiger partial charge in [0, 0.05) is 17.1 Å². The molecular weight excluding hydrogens is 392 g/mol. The van der Waals surface area contributed by atoms with E-state index >= 15 is 0 Å². The van der Waals surface area contributed by atoms with Crippen molar-refractivity contribution < 1.29 is 13.2 Å². The zero-order valence-corrected chi connectivity index (χ0v) is 17.9. The van der Waals surface area contributed by atoms with Crippen LogP contribution in [0.15, 0.2) is 59.5 Å². The van der Waals surface area contributed by atoms with Crippen molar-refractivity contribution in [3.05, 3.63) is 60.2 Å². The molecule has 28 heavy (non-hydrogen) atoms. The summed E-state index contributed by atoms with van der Waals surface area (Å²) in [5, 5.41) is 0. The molecule has 2 aromatic rings. The Morgan fingerprint density at radius 3 is 2.36 bits per heavy atom. The zero-order chi connectivity index (χ0) is 20.1. The summed E-state index contributed by atoms with van der Waals surface area (Å²) in [6.45, 7) is 0.891. The third kappa shape index (κ3) is 5.37. The number of thioether (sulfide) groups is 1. The second-order valence-electron chi connectivity index (χ2n) is 7.18. The third-order valence-corrected chi connectivity index (χ3v) is 7.39. The van der Waals surface area contributed by atoms with Gasteiger partial charge in [-0.2, -0.15) is 0 Å². The van der Waals surface area contributed by atoms with Crippen molar-refractivity contribution in [1.29, 1.82) is 0 Å². The van der Waals surface area contributed by atoms with Crippen LogP contribution in [0.5, 0.6) is 0 Å². The molecule has 0 aromatic heterocycles. The summed E-state index contributed by atoms with van der Waals surface area (Å²) in [5.74, 6) is 0.107. The van der Waals surface area contributed by atoms with Crippen LogP contribution in [0.1, 0.15) is 12.0 Å². The molecule has 0 saturated carbocycles. The van der Waals surface area contributed by atoms with E-state index in [0.717, 1.165) is 11.3 Å². The third-order valence-electron chi connectivity index (χ3n) is 4.89. The maximum absolute atomic E-state index is 13.1. The van der Waals surface area contributed by atoms with Crippen LogP contribution in [0.2, 0.25) is 0 Å². The molecule has 1 saturated heterocycles. The minimum atomic E-state index is -3.08. The summed E-state index contributed by atoms with van der Waals surface area (Å²) in [5.41, 5.74) is 1.90. The van der Waals surface area contributed by atoms with E-state index in [-0.39, 0.29) is 30.0 Å². The number of carbonyl (C=O) groups is 1. The number of hydrogen-bond donors (Lipinski definition) is 0. The number of rotatable bonds is 7. The van der Waals surface area contributed by atoms with E-state index in [9.17, 15) is 13.2 Å². The first kappa shape index (κ1) is 20.9. The summed E-state index contributed by atoms with van der Waals surface area (Å²) >= 11 is 1.70. The molecule has 0 spiro atoms. The SMILES string of the molecule is CSc1ccc(CN(C)CC(=O)N(c2ccccc2)[C@@H]2CCS(=O)(=O)C2)cc1. The van der Waals surface area contributed by atoms with Crippen LogP contribution in [-0.4, -0.2) is 56.6 Å². The van der Waals surface area contributed by atoms with Crippen LogP contribution < -0.4 is 4.90 Å². The van der Waals surface area contributed by atoms with Gasteiger partial charge in [0.1, 0.15) is 0 Å². The van der Waals surface area contributed by atoms with Crippen LogP contribution >= 0.6 is 11.8 Å². The van der Waals surface area contributed by atoms with Crippen molar-refractivity contribution in [2.75, 3.05) is 36.3 Å². The van der Waals surface area contributed by atoms with E-state index in [1.165, 1.54) is 4.90 Å². The number of nitrogens with zero attached hydrogens (tertiary/aromatic N) is 2. The number of para-hydroxylation sites is 1. The first-order valence-electron chi connectivity index (χ1n) is 9.27. The number of carbonyl (C=O) groups excluding carboxylic acids is 1. The lowest BCUT2D eigenvalue weighted by atomic mass is 10.1. The molecule has 0 N–H and O–H groups in total. The minimum absolute atomic E-state index is 0.0352. The molecular formula is C21H26N2O3S2. The predicted molar refractivity (Wildman–Crippen MR) is 116 cm³/mol. The smallest absolute Gasteiger partial charge is 0.241 e. The van der Waals surface area contributed by atoms with Crippen LogP contribution in [0, 0.1) is 0 Å². The average molecular weight is 419 g/mol. The maximum Gasteiger partial charge on any atom is 0.241 e. The quantitative estimate of drug-likeness (QED) is 0.647. The van der Waals surface area contributed by atoms with Gasteiger partial charge < -0.3 is 4.90 Å². The Bertz CT molecular complexity index is 899. The molecule has 1 aliphatic rings. The molecule has 0 bridgehead atoms. The van der Waals surface area contributed by atoms with Gasteiger partial charge >= 0.3 is 0 Å². The molecule has 1 atom stereocenters. The van der Waals surface area contributed by atoms with Crippen molar-refractivity contribution in [2.45, 2.75) is 23.9 Å². The Morgan fingerprint density at radius 1 is 1.11 bits per heavy atom. The fourth-order valence-corrected chi connectivity index (χ4v) is 5.64. The van der Waals surface area contributed by atoms with Gasteiger partial charge in [-0.05, 0) is 49.6 Å². The lowest BCUT2D eigenvalue weighted by Gasteiger charge is -2.30. The van der Waals surface area contributed by atoms with Gasteiger partial charge in [0.05, 0.1) is 24.1 Å². The molecule has 7 heteroatoms. The van der Waals surface area contributed by atoms with Gasteiger partial charge in [0.25, 0.3) is 0 Å². The van der Waals surface area contributed by atoms with Crippen molar-refractivity contribution in [3.8, 4) is 0 Å². The Balaban J connectivity index is 1.71. The number of hydrogen-bond acceptors (Lipinski definition) is 5. The van der Waals surface area contributed by atoms with E-state index in [2.05, 4.69) is 24.3 Å². The van der Waals surface area contributed by atoms with Gasteiger partial charge in [-0.15, -0.1) is 11.8 Å². The average Bonchev–Trinajstić information content (AvgIpc) is 3.02. The lowest BCUT2D eigenvalue weighted by Crippen LogP contribution is -2.45. The summed E-state index contributed by atoms with van der Waals surface area (Å²) < 4.78 is 23.9. The molecule has 2 aromatic carbocycles. The highest BCUT2D eigenvalue weighted by Crippen LogP contribution is 2.25. The molecule has 5 nitrogen and oxygen atoms in total. The molecule has 0 unspecified atom stereocenters. The Morgan fingerprint density at radius 2 is 1.79 bits per heavy atom. The zero-order valence-electron chi connectivity index (χ0n) is 16.2. The first-order valence-corrected chi connectivity index (χ1v) is 12.3. The van der Waals surface area contributed by atoms with Gasteiger partial charge in [-0.1, -0.05) is 30.3 Å². The number of amides is 1. The van der Waals surface area contributed by atoms with Crippen molar-refractivity contribution in [3.63, 3.8) is 0 Å². The number of benzene rings is 2. The summed E-state index contributed by atoms with van der Waals surface area (Å²) in [7, 11) is -1.16. The number of likely N-dealkylation sites (N-methyl/N-ethyl adjacent to an activating group) is 1. The highest BCUT2D eigenvalue weighted by atomic mass is 32.2. The standard InChI is InChI=1S/C21H26N2O3S2/c1-22(14-17-8-10-20(27-2)11-9-17)15-21(24)23(18-6-4-3-5-7-18)19-12-13-28(25,26)16-19/h3-11,19H,12-16H2,1-2H3/t19-/m1/s1. The van der Waals surface area contributed by atoms with E-state index in [0.29, 0.717) is 13.0 Å². The van der Waals surface area contributed by atoms with Crippen molar-refractivity contribution >= 4 is 33.2 Å². The van der Waals surface area contributed by atoms with Crippen LogP contribution in [0.25, 0.3) is 0 Å². The number of anilines is 1. The second-order valence-corrected chi connectivity index (χ2v) is 10.3. The Hall–Kier alpha value is -1.83. The number of sulfone groups is 1. The molecule has 1 aliphatic heterocycles. The van der Waals surface area contributed by atoms with E-state index in [1.54, 1.807) is 16.7 Å². The van der Waals surface area contributed by atoms with Gasteiger partial charge in [-0.3, -0.25) is 9.69 Å². The van der Waals surface area contributed by atoms with Crippen LogP contribution in [-0.2, 0) is 21.2 Å². The fraction of sp³-hybridized carbons (Fsp3) is 0.381. The fourth-order valence-electron chi connectivity index (χ4n) is 3.53. The highest BCUT2D eigenvalue weighted by molar-refractivity contribution is 7.98. The lowest BCUT2D eigenvalue weighted by molar-refractivity contribution is -0.120. The molecule has 150 valence electrons. The topological polar surface area (TPSA) is 57.7 Å². The normalized spacial score (nSPS) is 18.3. The molecule has 1 amide bonds. The van der Waals surface area contributed by atoms with Crippen molar-refractivity contribution in [2.24, 2.45) is 0 Å². The molecule has 1 fully saturated rings. The highest BCUT2D eigenvalue weighted by Gasteiger charge is 2.35. The second kappa shape index (κ2) is 9.11. The molecule has 0 radical (unpaired) electrons. The summed E-state index contributed by atoms with van der Waals surface area (Å²) in [4.78, 5) is 18.0. The van der Waals surface area contributed by atoms with E-state index in [1.807, 2.05) is 48.5 Å². The van der Waals surface area contributed by atoms with E-state index < -0.39 is 9.84 Å². The summed E-state index contributed by atoms with van der Waals surface area (Å²) in [6.07, 6.45) is 2.53. The van der Waals surface area contributed by atoms with Gasteiger partial charge in [-0.25, -0.2) is 8.42 Å². The largest absolute Gasteiger partial charge is 0.307 e. The molecule has 3 rings (SSSR count). The van der Waals surface area contributed by atoms with E-state index in [4.69, 9.17) is 0 Å². The van der Waals surface area contributed by atoms with Gasteiger partial charge in [0.15, 0.2) is 9.84 Å². The minimum Gasteiger partial charge on any atom is -0.307 e. The monoisotopic (exact) mass is 418 g/mol. The maximum atomic E-state index is 13.1. The Labute approximate surface area is 171 Å². The summed E-state index contributed by atoms with van der Waals surface area (Å²) in [6, 6.07) is 17.4. The predicted octanol–water partition coefficient (Wildman–Crippen LogP) is 3.06. The van der Waals surface area contributed by atoms with Crippen LogP contribution in [0.4, 0.5) is 5.69 Å².